The van der Waals surface area contributed by atoms with Crippen LogP contribution in [0.1, 0.15) is 12.5 Å². The Hall–Kier alpha value is -3.54. The molecule has 6 nitrogen and oxygen atoms in total. The van der Waals surface area contributed by atoms with E-state index in [0.717, 1.165) is 10.8 Å². The highest BCUT2D eigenvalue weighted by Crippen LogP contribution is 2.28. The van der Waals surface area contributed by atoms with Crippen LogP contribution in [0.5, 0.6) is 17.2 Å². The number of hydrogen-bond acceptors (Lipinski definition) is 5. The molecule has 6 heteroatoms. The van der Waals surface area contributed by atoms with Crippen LogP contribution in [-0.4, -0.2) is 30.4 Å². The number of hydrazone groups is 1. The number of carbonyl (C=O) groups excluding carboxylic acids is 1. The van der Waals surface area contributed by atoms with Crippen molar-refractivity contribution in [3.63, 3.8) is 0 Å². The third-order valence-electron chi connectivity index (χ3n) is 4.05. The number of amides is 1. The SMILES string of the molecule is COc1cccc(/C=N\NC(=O)[C@@H](C)Oc2cccc3ccccc23)c1O. The Kier molecular flexibility index (Phi) is 5.56. The second kappa shape index (κ2) is 8.23. The number of carbonyl (C=O) groups is 1. The number of rotatable bonds is 6. The molecule has 1 atom stereocenters. The molecule has 0 heterocycles. The summed E-state index contributed by atoms with van der Waals surface area (Å²) in [5.74, 6) is 0.516. The van der Waals surface area contributed by atoms with Crippen LogP contribution in [0.25, 0.3) is 10.8 Å². The number of nitrogens with zero attached hydrogens (tertiary/aromatic N) is 1. The zero-order valence-electron chi connectivity index (χ0n) is 15.0. The van der Waals surface area contributed by atoms with Gasteiger partial charge >= 0.3 is 0 Å². The van der Waals surface area contributed by atoms with Crippen LogP contribution in [0.15, 0.2) is 65.8 Å². The van der Waals surface area contributed by atoms with Crippen LogP contribution in [0.3, 0.4) is 0 Å². The molecule has 0 fully saturated rings. The molecule has 0 spiro atoms. The first kappa shape index (κ1) is 18.3. The molecule has 0 saturated carbocycles. The Bertz CT molecular complexity index is 980. The van der Waals surface area contributed by atoms with Crippen molar-refractivity contribution in [2.45, 2.75) is 13.0 Å². The van der Waals surface area contributed by atoms with Crippen LogP contribution >= 0.6 is 0 Å². The van der Waals surface area contributed by atoms with Crippen LogP contribution in [0.4, 0.5) is 0 Å². The van der Waals surface area contributed by atoms with Gasteiger partial charge in [-0.2, -0.15) is 5.10 Å². The Morgan fingerprint density at radius 3 is 2.59 bits per heavy atom. The minimum atomic E-state index is -0.744. The van der Waals surface area contributed by atoms with Gasteiger partial charge in [-0.15, -0.1) is 0 Å². The van der Waals surface area contributed by atoms with E-state index in [1.165, 1.54) is 13.3 Å². The lowest BCUT2D eigenvalue weighted by molar-refractivity contribution is -0.127. The fraction of sp³-hybridized carbons (Fsp3) is 0.143. The fourth-order valence-electron chi connectivity index (χ4n) is 2.61. The van der Waals surface area contributed by atoms with E-state index in [-0.39, 0.29) is 5.75 Å². The number of para-hydroxylation sites is 1. The van der Waals surface area contributed by atoms with Crippen molar-refractivity contribution in [3.8, 4) is 17.2 Å². The van der Waals surface area contributed by atoms with Crippen LogP contribution in [0.2, 0.25) is 0 Å². The number of fused-ring (bicyclic) bond motifs is 1. The molecule has 0 radical (unpaired) electrons. The van der Waals surface area contributed by atoms with Crippen molar-refractivity contribution < 1.29 is 19.4 Å². The zero-order chi connectivity index (χ0) is 19.2. The van der Waals surface area contributed by atoms with E-state index in [1.807, 2.05) is 42.5 Å². The van der Waals surface area contributed by atoms with Crippen LogP contribution < -0.4 is 14.9 Å². The lowest BCUT2D eigenvalue weighted by Gasteiger charge is -2.14. The van der Waals surface area contributed by atoms with E-state index in [4.69, 9.17) is 9.47 Å². The number of ether oxygens (including phenoxy) is 2. The second-order valence-electron chi connectivity index (χ2n) is 5.87. The molecule has 2 N–H and O–H groups in total. The predicted octanol–water partition coefficient (Wildman–Crippen LogP) is 3.47. The van der Waals surface area contributed by atoms with E-state index in [0.29, 0.717) is 17.1 Å². The molecule has 0 aliphatic carbocycles. The number of nitrogens with one attached hydrogen (secondary N) is 1. The molecular weight excluding hydrogens is 344 g/mol. The van der Waals surface area contributed by atoms with Gasteiger partial charge in [-0.3, -0.25) is 4.79 Å². The molecule has 3 aromatic rings. The number of hydrogen-bond donors (Lipinski definition) is 2. The van der Waals surface area contributed by atoms with Crippen LogP contribution in [0, 0.1) is 0 Å². The third-order valence-corrected chi connectivity index (χ3v) is 4.05. The van der Waals surface area contributed by atoms with Gasteiger partial charge in [0, 0.05) is 10.9 Å². The number of phenolic OH excluding ortho intramolecular Hbond substituents is 1. The molecule has 27 heavy (non-hydrogen) atoms. The van der Waals surface area contributed by atoms with E-state index in [1.54, 1.807) is 25.1 Å². The monoisotopic (exact) mass is 364 g/mol. The van der Waals surface area contributed by atoms with Gasteiger partial charge in [0.15, 0.2) is 17.6 Å². The maximum atomic E-state index is 12.2. The Labute approximate surface area is 157 Å². The first-order chi connectivity index (χ1) is 13.1. The maximum Gasteiger partial charge on any atom is 0.280 e. The molecule has 0 unspecified atom stereocenters. The highest BCUT2D eigenvalue weighted by atomic mass is 16.5. The molecule has 0 aromatic heterocycles. The molecule has 3 aromatic carbocycles. The second-order valence-corrected chi connectivity index (χ2v) is 5.87. The number of benzene rings is 3. The van der Waals surface area contributed by atoms with Crippen molar-refractivity contribution in [3.05, 3.63) is 66.2 Å². The molecule has 0 aliphatic rings. The minimum absolute atomic E-state index is 0.0435. The zero-order valence-corrected chi connectivity index (χ0v) is 15.0. The molecule has 0 bridgehead atoms. The first-order valence-electron chi connectivity index (χ1n) is 8.43. The normalized spacial score (nSPS) is 12.1. The Morgan fingerprint density at radius 1 is 1.07 bits per heavy atom. The van der Waals surface area contributed by atoms with Gasteiger partial charge in [0.2, 0.25) is 0 Å². The van der Waals surface area contributed by atoms with Gasteiger partial charge in [-0.1, -0.05) is 42.5 Å². The number of phenols is 1. The maximum absolute atomic E-state index is 12.2. The van der Waals surface area contributed by atoms with Crippen LogP contribution in [-0.2, 0) is 4.79 Å². The lowest BCUT2D eigenvalue weighted by atomic mass is 10.1. The van der Waals surface area contributed by atoms with Gasteiger partial charge in [0.25, 0.3) is 5.91 Å². The largest absolute Gasteiger partial charge is 0.504 e. The standard InChI is InChI=1S/C21H20N2O4/c1-14(27-18-11-5-8-15-7-3-4-10-17(15)18)21(25)23-22-13-16-9-6-12-19(26-2)20(16)24/h3-14,24H,1-2H3,(H,23,25)/b22-13-/t14-/m1/s1. The predicted molar refractivity (Wildman–Crippen MR) is 104 cm³/mol. The van der Waals surface area contributed by atoms with E-state index in [9.17, 15) is 9.90 Å². The summed E-state index contributed by atoms with van der Waals surface area (Å²) in [5.41, 5.74) is 2.85. The minimum Gasteiger partial charge on any atom is -0.504 e. The van der Waals surface area contributed by atoms with Gasteiger partial charge in [-0.25, -0.2) is 5.43 Å². The molecule has 1 amide bonds. The van der Waals surface area contributed by atoms with Crippen molar-refractivity contribution in [1.29, 1.82) is 0 Å². The summed E-state index contributed by atoms with van der Waals surface area (Å²) in [4.78, 5) is 12.2. The molecule has 3 rings (SSSR count). The molecule has 138 valence electrons. The van der Waals surface area contributed by atoms with Crippen molar-refractivity contribution in [1.82, 2.24) is 5.43 Å². The van der Waals surface area contributed by atoms with E-state index < -0.39 is 12.0 Å². The van der Waals surface area contributed by atoms with Crippen molar-refractivity contribution >= 4 is 22.9 Å². The third kappa shape index (κ3) is 4.17. The van der Waals surface area contributed by atoms with Crippen molar-refractivity contribution in [2.24, 2.45) is 5.10 Å². The van der Waals surface area contributed by atoms with Gasteiger partial charge < -0.3 is 14.6 Å². The average Bonchev–Trinajstić information content (AvgIpc) is 2.69. The average molecular weight is 364 g/mol. The molecule has 0 saturated heterocycles. The van der Waals surface area contributed by atoms with Gasteiger partial charge in [-0.05, 0) is 30.5 Å². The number of aromatic hydroxyl groups is 1. The summed E-state index contributed by atoms with van der Waals surface area (Å²) in [6.07, 6.45) is 0.604. The highest BCUT2D eigenvalue weighted by Gasteiger charge is 2.15. The van der Waals surface area contributed by atoms with Crippen molar-refractivity contribution in [2.75, 3.05) is 7.11 Å². The Morgan fingerprint density at radius 2 is 1.78 bits per heavy atom. The van der Waals surface area contributed by atoms with E-state index >= 15 is 0 Å². The fourth-order valence-corrected chi connectivity index (χ4v) is 2.61. The summed E-state index contributed by atoms with van der Waals surface area (Å²) in [6, 6.07) is 18.5. The molecular formula is C21H20N2O4. The number of methoxy groups -OCH3 is 1. The topological polar surface area (TPSA) is 80.2 Å². The van der Waals surface area contributed by atoms with E-state index in [2.05, 4.69) is 10.5 Å². The lowest BCUT2D eigenvalue weighted by Crippen LogP contribution is -2.33. The van der Waals surface area contributed by atoms with Gasteiger partial charge in [0.1, 0.15) is 5.75 Å². The summed E-state index contributed by atoms with van der Waals surface area (Å²) in [6.45, 7) is 1.65. The quantitative estimate of drug-likeness (QED) is 0.518. The summed E-state index contributed by atoms with van der Waals surface area (Å²) < 4.78 is 10.8. The summed E-state index contributed by atoms with van der Waals surface area (Å²) in [5, 5.41) is 15.9. The molecule has 0 aliphatic heterocycles. The smallest absolute Gasteiger partial charge is 0.280 e. The first-order valence-corrected chi connectivity index (χ1v) is 8.43. The summed E-state index contributed by atoms with van der Waals surface area (Å²) in [7, 11) is 1.46. The Balaban J connectivity index is 1.66. The van der Waals surface area contributed by atoms with Gasteiger partial charge in [0.05, 0.1) is 13.3 Å². The highest BCUT2D eigenvalue weighted by molar-refractivity contribution is 5.89. The summed E-state index contributed by atoms with van der Waals surface area (Å²) >= 11 is 0.